The molecule has 0 spiro atoms. The highest BCUT2D eigenvalue weighted by Crippen LogP contribution is 2.34. The van der Waals surface area contributed by atoms with Crippen molar-refractivity contribution in [2.45, 2.75) is 40.0 Å². The highest BCUT2D eigenvalue weighted by atomic mass is 16.5. The van der Waals surface area contributed by atoms with Gasteiger partial charge >= 0.3 is 11.9 Å². The second-order valence-corrected chi connectivity index (χ2v) is 5.73. The van der Waals surface area contributed by atoms with Crippen molar-refractivity contribution in [2.75, 3.05) is 6.61 Å². The van der Waals surface area contributed by atoms with Crippen LogP contribution in [0.5, 0.6) is 0 Å². The molecule has 0 aromatic carbocycles. The second kappa shape index (κ2) is 7.24. The Kier molecular flexibility index (Phi) is 5.93. The van der Waals surface area contributed by atoms with Gasteiger partial charge in [0.05, 0.1) is 12.8 Å². The third-order valence-corrected chi connectivity index (χ3v) is 3.43. The summed E-state index contributed by atoms with van der Waals surface area (Å²) in [6.07, 6.45) is 4.47. The monoisotopic (exact) mass is 296 g/mol. The van der Waals surface area contributed by atoms with Crippen LogP contribution in [0.15, 0.2) is 12.4 Å². The molecule has 1 aromatic rings. The zero-order valence-electron chi connectivity index (χ0n) is 13.1. The molecule has 1 unspecified atom stereocenters. The first-order valence-corrected chi connectivity index (χ1v) is 7.20. The van der Waals surface area contributed by atoms with Crippen LogP contribution < -0.4 is 0 Å². The zero-order valence-corrected chi connectivity index (χ0v) is 13.1. The van der Waals surface area contributed by atoms with Crippen molar-refractivity contribution in [3.05, 3.63) is 18.0 Å². The van der Waals surface area contributed by atoms with E-state index in [1.165, 1.54) is 0 Å². The van der Waals surface area contributed by atoms with E-state index >= 15 is 0 Å². The summed E-state index contributed by atoms with van der Waals surface area (Å²) in [4.78, 5) is 24.0. The lowest BCUT2D eigenvalue weighted by atomic mass is 9.76. The normalized spacial score (nSPS) is 14.0. The first-order chi connectivity index (χ1) is 9.81. The molecule has 0 aliphatic carbocycles. The summed E-state index contributed by atoms with van der Waals surface area (Å²) in [6, 6.07) is 0. The molecule has 0 saturated heterocycles. The highest BCUT2D eigenvalue weighted by molar-refractivity contribution is 5.99. The number of ether oxygens (including phenoxy) is 1. The molecule has 0 radical (unpaired) electrons. The first kappa shape index (κ1) is 17.2. The molecular weight excluding hydrogens is 272 g/mol. The van der Waals surface area contributed by atoms with Crippen LogP contribution in [-0.2, 0) is 27.8 Å². The molecule has 1 rings (SSSR count). The van der Waals surface area contributed by atoms with Gasteiger partial charge in [-0.25, -0.2) is 0 Å². The van der Waals surface area contributed by atoms with E-state index in [9.17, 15) is 14.7 Å². The predicted octanol–water partition coefficient (Wildman–Crippen LogP) is 2.03. The Bertz CT molecular complexity index is 496. The molecule has 0 fully saturated rings. The van der Waals surface area contributed by atoms with Crippen LogP contribution in [0.1, 0.15) is 39.2 Å². The van der Waals surface area contributed by atoms with Gasteiger partial charge in [-0.15, -0.1) is 0 Å². The highest BCUT2D eigenvalue weighted by Gasteiger charge is 2.47. The summed E-state index contributed by atoms with van der Waals surface area (Å²) >= 11 is 0. The van der Waals surface area contributed by atoms with Gasteiger partial charge in [0.2, 0.25) is 0 Å². The molecule has 0 aliphatic heterocycles. The number of aliphatic carboxylic acids is 1. The number of nitrogens with zero attached hydrogens (tertiary/aromatic N) is 2. The van der Waals surface area contributed by atoms with E-state index < -0.39 is 17.4 Å². The molecule has 21 heavy (non-hydrogen) atoms. The van der Waals surface area contributed by atoms with Gasteiger partial charge in [-0.3, -0.25) is 14.3 Å². The van der Waals surface area contributed by atoms with E-state index in [4.69, 9.17) is 4.74 Å². The SMILES string of the molecule is CCOC(=O)C(CCc1cnn(C)c1)(CC(C)C)C(=O)O. The molecule has 1 heterocycles. The number of aromatic nitrogens is 2. The smallest absolute Gasteiger partial charge is 0.323 e. The van der Waals surface area contributed by atoms with Crippen molar-refractivity contribution in [1.29, 1.82) is 0 Å². The summed E-state index contributed by atoms with van der Waals surface area (Å²) < 4.78 is 6.68. The quantitative estimate of drug-likeness (QED) is 0.586. The van der Waals surface area contributed by atoms with Crippen LogP contribution in [0.2, 0.25) is 0 Å². The van der Waals surface area contributed by atoms with Crippen molar-refractivity contribution < 1.29 is 19.4 Å². The van der Waals surface area contributed by atoms with E-state index in [2.05, 4.69) is 5.10 Å². The Hall–Kier alpha value is -1.85. The Morgan fingerprint density at radius 2 is 2.14 bits per heavy atom. The topological polar surface area (TPSA) is 81.4 Å². The molecule has 6 nitrogen and oxygen atoms in total. The average molecular weight is 296 g/mol. The predicted molar refractivity (Wildman–Crippen MR) is 77.7 cm³/mol. The lowest BCUT2D eigenvalue weighted by molar-refractivity contribution is -0.170. The minimum absolute atomic E-state index is 0.0828. The van der Waals surface area contributed by atoms with Gasteiger partial charge in [0, 0.05) is 13.2 Å². The number of carboxylic acids is 1. The molecule has 1 atom stereocenters. The van der Waals surface area contributed by atoms with E-state index in [1.54, 1.807) is 24.9 Å². The molecule has 0 bridgehead atoms. The molecule has 118 valence electrons. The maximum Gasteiger partial charge on any atom is 0.323 e. The minimum atomic E-state index is -1.49. The summed E-state index contributed by atoms with van der Waals surface area (Å²) in [6.45, 7) is 5.67. The van der Waals surface area contributed by atoms with Gasteiger partial charge in [-0.1, -0.05) is 13.8 Å². The largest absolute Gasteiger partial charge is 0.480 e. The first-order valence-electron chi connectivity index (χ1n) is 7.20. The van der Waals surface area contributed by atoms with Crippen LogP contribution in [-0.4, -0.2) is 33.4 Å². The lowest BCUT2D eigenvalue weighted by Gasteiger charge is -2.28. The van der Waals surface area contributed by atoms with Crippen molar-refractivity contribution in [3.8, 4) is 0 Å². The minimum Gasteiger partial charge on any atom is -0.480 e. The third kappa shape index (κ3) is 4.31. The maximum atomic E-state index is 12.2. The summed E-state index contributed by atoms with van der Waals surface area (Å²) in [5.41, 5.74) is -0.573. The number of rotatable bonds is 8. The van der Waals surface area contributed by atoms with E-state index in [0.29, 0.717) is 6.42 Å². The van der Waals surface area contributed by atoms with Gasteiger partial charge in [0.15, 0.2) is 5.41 Å². The Morgan fingerprint density at radius 1 is 1.48 bits per heavy atom. The number of carboxylic acid groups (broad SMARTS) is 1. The van der Waals surface area contributed by atoms with Crippen LogP contribution in [0.4, 0.5) is 0 Å². The fourth-order valence-electron chi connectivity index (χ4n) is 2.49. The van der Waals surface area contributed by atoms with Gasteiger partial charge in [0.25, 0.3) is 0 Å². The molecular formula is C15H24N2O4. The Labute approximate surface area is 125 Å². The van der Waals surface area contributed by atoms with Crippen LogP contribution >= 0.6 is 0 Å². The molecule has 6 heteroatoms. The van der Waals surface area contributed by atoms with Crippen LogP contribution in [0.25, 0.3) is 0 Å². The maximum absolute atomic E-state index is 12.2. The average Bonchev–Trinajstić information content (AvgIpc) is 2.79. The van der Waals surface area contributed by atoms with Gasteiger partial charge in [-0.2, -0.15) is 5.10 Å². The summed E-state index contributed by atoms with van der Waals surface area (Å²) in [7, 11) is 1.80. The summed E-state index contributed by atoms with van der Waals surface area (Å²) in [5, 5.41) is 13.7. The fourth-order valence-corrected chi connectivity index (χ4v) is 2.49. The number of carbonyl (C=O) groups excluding carboxylic acids is 1. The van der Waals surface area contributed by atoms with Crippen molar-refractivity contribution in [3.63, 3.8) is 0 Å². The Balaban J connectivity index is 2.97. The molecule has 1 N–H and O–H groups in total. The van der Waals surface area contributed by atoms with Crippen LogP contribution in [0.3, 0.4) is 0 Å². The number of aryl methyl sites for hydroxylation is 2. The van der Waals surface area contributed by atoms with Gasteiger partial charge < -0.3 is 9.84 Å². The Morgan fingerprint density at radius 3 is 2.57 bits per heavy atom. The van der Waals surface area contributed by atoms with Gasteiger partial charge in [0.1, 0.15) is 0 Å². The standard InChI is InChI=1S/C15H24N2O4/c1-5-21-14(20)15(13(18)19,8-11(2)3)7-6-12-9-16-17(4)10-12/h9-11H,5-8H2,1-4H3,(H,18,19). The van der Waals surface area contributed by atoms with Crippen molar-refractivity contribution in [2.24, 2.45) is 18.4 Å². The molecule has 0 saturated carbocycles. The third-order valence-electron chi connectivity index (χ3n) is 3.43. The fraction of sp³-hybridized carbons (Fsp3) is 0.667. The van der Waals surface area contributed by atoms with E-state index in [0.717, 1.165) is 5.56 Å². The number of hydrogen-bond acceptors (Lipinski definition) is 4. The van der Waals surface area contributed by atoms with Crippen LogP contribution in [0, 0.1) is 11.3 Å². The molecule has 0 aliphatic rings. The number of carbonyl (C=O) groups is 2. The zero-order chi connectivity index (χ0) is 16.0. The van der Waals surface area contributed by atoms with E-state index in [1.807, 2.05) is 20.0 Å². The second-order valence-electron chi connectivity index (χ2n) is 5.73. The summed E-state index contributed by atoms with van der Waals surface area (Å²) in [5.74, 6) is -1.67. The van der Waals surface area contributed by atoms with Crippen molar-refractivity contribution in [1.82, 2.24) is 9.78 Å². The van der Waals surface area contributed by atoms with E-state index in [-0.39, 0.29) is 25.4 Å². The number of esters is 1. The molecule has 0 amide bonds. The number of hydrogen-bond donors (Lipinski definition) is 1. The molecule has 1 aromatic heterocycles. The van der Waals surface area contributed by atoms with Gasteiger partial charge in [-0.05, 0) is 37.7 Å². The van der Waals surface area contributed by atoms with Crippen molar-refractivity contribution >= 4 is 11.9 Å². The lowest BCUT2D eigenvalue weighted by Crippen LogP contribution is -2.42.